The van der Waals surface area contributed by atoms with Gasteiger partial charge in [-0.05, 0) is 6.07 Å². The Labute approximate surface area is 122 Å². The summed E-state index contributed by atoms with van der Waals surface area (Å²) in [5.74, 6) is -0.556. The van der Waals surface area contributed by atoms with Crippen LogP contribution in [0.2, 0.25) is 0 Å². The van der Waals surface area contributed by atoms with Gasteiger partial charge in [-0.2, -0.15) is 0 Å². The van der Waals surface area contributed by atoms with Crippen LogP contribution in [0.15, 0.2) is 36.5 Å². The van der Waals surface area contributed by atoms with E-state index in [4.69, 9.17) is 4.74 Å². The Morgan fingerprint density at radius 3 is 2.50 bits per heavy atom. The molecule has 0 bridgehead atoms. The Hall–Kier alpha value is -2.84. The van der Waals surface area contributed by atoms with Gasteiger partial charge < -0.3 is 9.47 Å². The van der Waals surface area contributed by atoms with Gasteiger partial charge in [0.1, 0.15) is 11.9 Å². The topological polar surface area (TPSA) is 74.5 Å². The van der Waals surface area contributed by atoms with Crippen molar-refractivity contribution in [2.45, 2.75) is 6.36 Å². The lowest BCUT2D eigenvalue weighted by Gasteiger charge is -2.14. The summed E-state index contributed by atoms with van der Waals surface area (Å²) in [5.41, 5.74) is -0.373. The summed E-state index contributed by atoms with van der Waals surface area (Å²) in [6.45, 7) is 0. The molecule has 0 atom stereocenters. The van der Waals surface area contributed by atoms with Gasteiger partial charge in [0.25, 0.3) is 5.69 Å². The molecule has 0 aliphatic rings. The summed E-state index contributed by atoms with van der Waals surface area (Å²) >= 11 is 0. The molecule has 0 aliphatic heterocycles. The maximum Gasteiger partial charge on any atom is 0.573 e. The SMILES string of the molecule is COc1ncc([N+](=O)[O-])cc1-c1ccccc1OC(F)(F)F. The zero-order valence-corrected chi connectivity index (χ0v) is 11.1. The predicted molar refractivity (Wildman–Crippen MR) is 69.6 cm³/mol. The molecule has 0 spiro atoms. The van der Waals surface area contributed by atoms with Crippen molar-refractivity contribution in [1.29, 1.82) is 0 Å². The third kappa shape index (κ3) is 3.43. The van der Waals surface area contributed by atoms with Gasteiger partial charge in [0.05, 0.1) is 17.6 Å². The molecule has 9 heteroatoms. The van der Waals surface area contributed by atoms with Crippen molar-refractivity contribution in [3.63, 3.8) is 0 Å². The van der Waals surface area contributed by atoms with Crippen molar-refractivity contribution in [2.24, 2.45) is 0 Å². The van der Waals surface area contributed by atoms with Crippen molar-refractivity contribution >= 4 is 5.69 Å². The highest BCUT2D eigenvalue weighted by atomic mass is 19.4. The molecule has 1 aromatic heterocycles. The van der Waals surface area contributed by atoms with Crippen molar-refractivity contribution in [2.75, 3.05) is 7.11 Å². The summed E-state index contributed by atoms with van der Waals surface area (Å²) in [4.78, 5) is 13.8. The standard InChI is InChI=1S/C13H9F3N2O4/c1-21-12-10(6-8(7-17-12)18(19)20)9-4-2-3-5-11(9)22-13(14,15)16/h2-7H,1H3. The molecule has 0 saturated carbocycles. The van der Waals surface area contributed by atoms with E-state index in [2.05, 4.69) is 9.72 Å². The highest BCUT2D eigenvalue weighted by Gasteiger charge is 2.32. The normalized spacial score (nSPS) is 11.1. The first-order valence-electron chi connectivity index (χ1n) is 5.85. The van der Waals surface area contributed by atoms with Gasteiger partial charge >= 0.3 is 6.36 Å². The van der Waals surface area contributed by atoms with Gasteiger partial charge in [-0.3, -0.25) is 10.1 Å². The molecule has 1 heterocycles. The van der Waals surface area contributed by atoms with Crippen LogP contribution in [0.5, 0.6) is 11.6 Å². The van der Waals surface area contributed by atoms with Crippen molar-refractivity contribution in [1.82, 2.24) is 4.98 Å². The minimum atomic E-state index is -4.89. The summed E-state index contributed by atoms with van der Waals surface area (Å²) in [5, 5.41) is 10.8. The number of hydrogen-bond acceptors (Lipinski definition) is 5. The molecule has 116 valence electrons. The number of ether oxygens (including phenoxy) is 2. The van der Waals surface area contributed by atoms with E-state index in [0.29, 0.717) is 0 Å². The maximum absolute atomic E-state index is 12.4. The number of para-hydroxylation sites is 1. The molecule has 0 N–H and O–H groups in total. The Balaban J connectivity index is 2.60. The smallest absolute Gasteiger partial charge is 0.481 e. The average molecular weight is 314 g/mol. The number of hydrogen-bond donors (Lipinski definition) is 0. The van der Waals surface area contributed by atoms with Gasteiger partial charge in [-0.1, -0.05) is 18.2 Å². The van der Waals surface area contributed by atoms with Gasteiger partial charge in [0.15, 0.2) is 0 Å². The summed E-state index contributed by atoms with van der Waals surface area (Å²) in [6.07, 6.45) is -3.94. The second-order valence-electron chi connectivity index (χ2n) is 4.05. The molecule has 0 fully saturated rings. The highest BCUT2D eigenvalue weighted by molar-refractivity contribution is 5.76. The van der Waals surface area contributed by atoms with Crippen LogP contribution in [-0.4, -0.2) is 23.4 Å². The van der Waals surface area contributed by atoms with Crippen LogP contribution in [0.4, 0.5) is 18.9 Å². The van der Waals surface area contributed by atoms with E-state index in [-0.39, 0.29) is 22.7 Å². The third-order valence-corrected chi connectivity index (χ3v) is 2.64. The lowest BCUT2D eigenvalue weighted by atomic mass is 10.1. The molecular formula is C13H9F3N2O4. The van der Waals surface area contributed by atoms with Crippen LogP contribution in [0, 0.1) is 10.1 Å². The van der Waals surface area contributed by atoms with E-state index in [1.165, 1.54) is 25.3 Å². The van der Waals surface area contributed by atoms with E-state index in [0.717, 1.165) is 18.3 Å². The van der Waals surface area contributed by atoms with E-state index < -0.39 is 17.0 Å². The van der Waals surface area contributed by atoms with Crippen LogP contribution in [0.25, 0.3) is 11.1 Å². The largest absolute Gasteiger partial charge is 0.573 e. The minimum Gasteiger partial charge on any atom is -0.481 e. The second kappa shape index (κ2) is 5.88. The zero-order chi connectivity index (χ0) is 16.3. The first-order valence-corrected chi connectivity index (χ1v) is 5.85. The van der Waals surface area contributed by atoms with Crippen LogP contribution < -0.4 is 9.47 Å². The fraction of sp³-hybridized carbons (Fsp3) is 0.154. The number of nitro groups is 1. The predicted octanol–water partition coefficient (Wildman–Crippen LogP) is 3.56. The number of benzene rings is 1. The molecule has 22 heavy (non-hydrogen) atoms. The Kier molecular flexibility index (Phi) is 4.15. The van der Waals surface area contributed by atoms with Gasteiger partial charge in [-0.15, -0.1) is 13.2 Å². The Bertz CT molecular complexity index is 704. The van der Waals surface area contributed by atoms with E-state index >= 15 is 0 Å². The lowest BCUT2D eigenvalue weighted by molar-refractivity contribution is -0.385. The summed E-state index contributed by atoms with van der Waals surface area (Å²) in [6, 6.07) is 6.31. The zero-order valence-electron chi connectivity index (χ0n) is 11.1. The summed E-state index contributed by atoms with van der Waals surface area (Å²) in [7, 11) is 1.25. The number of halogens is 3. The Morgan fingerprint density at radius 1 is 1.23 bits per heavy atom. The van der Waals surface area contributed by atoms with Gasteiger partial charge in [-0.25, -0.2) is 4.98 Å². The molecule has 0 amide bonds. The molecule has 0 unspecified atom stereocenters. The molecule has 6 nitrogen and oxygen atoms in total. The molecule has 0 radical (unpaired) electrons. The van der Waals surface area contributed by atoms with Crippen LogP contribution in [0.3, 0.4) is 0 Å². The highest BCUT2D eigenvalue weighted by Crippen LogP contribution is 2.38. The average Bonchev–Trinajstić information content (AvgIpc) is 2.45. The summed E-state index contributed by atoms with van der Waals surface area (Å²) < 4.78 is 46.2. The number of pyridine rings is 1. The minimum absolute atomic E-state index is 0.0205. The van der Waals surface area contributed by atoms with Crippen LogP contribution in [0.1, 0.15) is 0 Å². The van der Waals surface area contributed by atoms with Crippen LogP contribution in [-0.2, 0) is 0 Å². The first-order chi connectivity index (χ1) is 10.3. The molecule has 0 aliphatic carbocycles. The van der Waals surface area contributed by atoms with Crippen LogP contribution >= 0.6 is 0 Å². The van der Waals surface area contributed by atoms with Crippen molar-refractivity contribution < 1.29 is 27.6 Å². The molecule has 2 rings (SSSR count). The van der Waals surface area contributed by atoms with Crippen molar-refractivity contribution in [3.05, 3.63) is 46.6 Å². The number of methoxy groups -OCH3 is 1. The van der Waals surface area contributed by atoms with Crippen molar-refractivity contribution in [3.8, 4) is 22.8 Å². The molecule has 1 aromatic carbocycles. The van der Waals surface area contributed by atoms with E-state index in [1.54, 1.807) is 0 Å². The number of rotatable bonds is 4. The fourth-order valence-electron chi connectivity index (χ4n) is 1.80. The number of nitrogens with zero attached hydrogens (tertiary/aromatic N) is 2. The first kappa shape index (κ1) is 15.5. The maximum atomic E-state index is 12.4. The molecule has 2 aromatic rings. The molecular weight excluding hydrogens is 305 g/mol. The lowest BCUT2D eigenvalue weighted by Crippen LogP contribution is -2.17. The van der Waals surface area contributed by atoms with E-state index in [9.17, 15) is 23.3 Å². The third-order valence-electron chi connectivity index (χ3n) is 2.64. The number of alkyl halides is 3. The Morgan fingerprint density at radius 2 is 1.91 bits per heavy atom. The van der Waals surface area contributed by atoms with Gasteiger partial charge in [0, 0.05) is 11.6 Å². The molecule has 0 saturated heterocycles. The quantitative estimate of drug-likeness (QED) is 0.637. The monoisotopic (exact) mass is 314 g/mol. The van der Waals surface area contributed by atoms with Gasteiger partial charge in [0.2, 0.25) is 5.88 Å². The second-order valence-corrected chi connectivity index (χ2v) is 4.05. The fourth-order valence-corrected chi connectivity index (χ4v) is 1.80. The number of aromatic nitrogens is 1. The van der Waals surface area contributed by atoms with E-state index in [1.807, 2.05) is 0 Å².